The van der Waals surface area contributed by atoms with Crippen molar-refractivity contribution in [3.05, 3.63) is 0 Å². The second-order valence-electron chi connectivity index (χ2n) is 5.94. The minimum atomic E-state index is -0.903. The number of methoxy groups -OCH3 is 1. The Morgan fingerprint density at radius 3 is 2.63 bits per heavy atom. The van der Waals surface area contributed by atoms with Gasteiger partial charge in [0.1, 0.15) is 5.41 Å². The maximum Gasteiger partial charge on any atom is 0.313 e. The molecule has 1 saturated carbocycles. The molecule has 0 aromatic carbocycles. The monoisotopic (exact) mass is 269 g/mol. The van der Waals surface area contributed by atoms with Gasteiger partial charge < -0.3 is 14.7 Å². The quantitative estimate of drug-likeness (QED) is 0.821. The Kier molecular flexibility index (Phi) is 4.45. The Labute approximate surface area is 113 Å². The summed E-state index contributed by atoms with van der Waals surface area (Å²) >= 11 is 0. The molecule has 5 heteroatoms. The molecule has 1 amide bonds. The third-order valence-electron chi connectivity index (χ3n) is 4.52. The fraction of sp³-hybridized carbons (Fsp3) is 0.857. The molecule has 1 unspecified atom stereocenters. The summed E-state index contributed by atoms with van der Waals surface area (Å²) in [5, 5.41) is 9.36. The molecule has 5 nitrogen and oxygen atoms in total. The van der Waals surface area contributed by atoms with E-state index in [4.69, 9.17) is 4.74 Å². The van der Waals surface area contributed by atoms with E-state index in [1.807, 2.05) is 0 Å². The number of hydrogen-bond acceptors (Lipinski definition) is 3. The van der Waals surface area contributed by atoms with E-state index in [-0.39, 0.29) is 12.5 Å². The fourth-order valence-electron chi connectivity index (χ4n) is 3.31. The zero-order valence-electron chi connectivity index (χ0n) is 11.6. The number of likely N-dealkylation sites (tertiary alicyclic amines) is 1. The molecule has 1 heterocycles. The molecule has 2 aliphatic rings. The third-order valence-corrected chi connectivity index (χ3v) is 4.52. The number of ether oxygens (including phenoxy) is 1. The third kappa shape index (κ3) is 3.08. The number of amides is 1. The van der Waals surface area contributed by atoms with E-state index in [0.29, 0.717) is 31.8 Å². The Balaban J connectivity index is 1.92. The van der Waals surface area contributed by atoms with Crippen LogP contribution in [0.4, 0.5) is 0 Å². The molecule has 0 radical (unpaired) electrons. The lowest BCUT2D eigenvalue weighted by molar-refractivity contribution is -0.151. The van der Waals surface area contributed by atoms with Crippen LogP contribution < -0.4 is 0 Å². The molecule has 108 valence electrons. The number of carbonyl (C=O) groups excluding carboxylic acids is 1. The molecule has 2 fully saturated rings. The zero-order chi connectivity index (χ0) is 13.9. The molecular weight excluding hydrogens is 246 g/mol. The molecule has 2 rings (SSSR count). The minimum Gasteiger partial charge on any atom is -0.481 e. The predicted molar refractivity (Wildman–Crippen MR) is 69.7 cm³/mol. The first-order valence-electron chi connectivity index (χ1n) is 7.07. The lowest BCUT2D eigenvalue weighted by Gasteiger charge is -2.24. The van der Waals surface area contributed by atoms with Crippen LogP contribution in [0.3, 0.4) is 0 Å². The van der Waals surface area contributed by atoms with Gasteiger partial charge in [-0.25, -0.2) is 0 Å². The summed E-state index contributed by atoms with van der Waals surface area (Å²) in [6.07, 6.45) is 5.81. The first-order valence-corrected chi connectivity index (χ1v) is 7.07. The van der Waals surface area contributed by atoms with E-state index in [1.165, 1.54) is 20.0 Å². The lowest BCUT2D eigenvalue weighted by Crippen LogP contribution is -2.40. The number of carbonyl (C=O) groups is 2. The zero-order valence-corrected chi connectivity index (χ0v) is 11.6. The molecule has 0 spiro atoms. The van der Waals surface area contributed by atoms with Gasteiger partial charge in [0.15, 0.2) is 0 Å². The molecule has 1 saturated heterocycles. The van der Waals surface area contributed by atoms with Crippen LogP contribution in [-0.4, -0.2) is 48.7 Å². The van der Waals surface area contributed by atoms with Gasteiger partial charge in [-0.05, 0) is 25.2 Å². The number of rotatable bonds is 5. The second-order valence-corrected chi connectivity index (χ2v) is 5.94. The van der Waals surface area contributed by atoms with Crippen molar-refractivity contribution in [2.75, 3.05) is 26.8 Å². The Morgan fingerprint density at radius 1 is 1.37 bits per heavy atom. The average molecular weight is 269 g/mol. The summed E-state index contributed by atoms with van der Waals surface area (Å²) in [6, 6.07) is 0. The SMILES string of the molecule is COCC1(C(=O)O)CCN(C(=O)CC2CCCC2)C1. The van der Waals surface area contributed by atoms with Gasteiger partial charge in [-0.15, -0.1) is 0 Å². The molecular formula is C14H23NO4. The number of carboxylic acids is 1. The highest BCUT2D eigenvalue weighted by atomic mass is 16.5. The van der Waals surface area contributed by atoms with E-state index in [9.17, 15) is 14.7 Å². The summed E-state index contributed by atoms with van der Waals surface area (Å²) in [5.41, 5.74) is -0.903. The van der Waals surface area contributed by atoms with Gasteiger partial charge in [0.25, 0.3) is 0 Å². The summed E-state index contributed by atoms with van der Waals surface area (Å²) in [6.45, 7) is 1.01. The largest absolute Gasteiger partial charge is 0.481 e. The van der Waals surface area contributed by atoms with Gasteiger partial charge in [0, 0.05) is 26.6 Å². The van der Waals surface area contributed by atoms with Crippen molar-refractivity contribution >= 4 is 11.9 Å². The van der Waals surface area contributed by atoms with Crippen LogP contribution in [0.15, 0.2) is 0 Å². The van der Waals surface area contributed by atoms with Crippen molar-refractivity contribution < 1.29 is 19.4 Å². The van der Waals surface area contributed by atoms with Crippen LogP contribution in [-0.2, 0) is 14.3 Å². The molecule has 0 bridgehead atoms. The number of carboxylic acid groups (broad SMARTS) is 1. The summed E-state index contributed by atoms with van der Waals surface area (Å²) in [5.74, 6) is -0.230. The van der Waals surface area contributed by atoms with Crippen LogP contribution >= 0.6 is 0 Å². The molecule has 0 aromatic heterocycles. The smallest absolute Gasteiger partial charge is 0.313 e. The number of hydrogen-bond donors (Lipinski definition) is 1. The van der Waals surface area contributed by atoms with Crippen LogP contribution in [0.25, 0.3) is 0 Å². The maximum atomic E-state index is 12.2. The number of nitrogens with zero attached hydrogens (tertiary/aromatic N) is 1. The highest BCUT2D eigenvalue weighted by Crippen LogP contribution is 2.33. The molecule has 1 atom stereocenters. The average Bonchev–Trinajstić information content (AvgIpc) is 2.99. The normalized spacial score (nSPS) is 27.9. The highest BCUT2D eigenvalue weighted by molar-refractivity contribution is 5.81. The van der Waals surface area contributed by atoms with E-state index >= 15 is 0 Å². The van der Waals surface area contributed by atoms with Crippen LogP contribution in [0.1, 0.15) is 38.5 Å². The van der Waals surface area contributed by atoms with E-state index in [1.54, 1.807) is 4.90 Å². The summed E-state index contributed by atoms with van der Waals surface area (Å²) in [4.78, 5) is 25.3. The summed E-state index contributed by atoms with van der Waals surface area (Å²) < 4.78 is 5.03. The van der Waals surface area contributed by atoms with E-state index in [2.05, 4.69) is 0 Å². The Bertz CT molecular complexity index is 351. The predicted octanol–water partition coefficient (Wildman–Crippen LogP) is 1.52. The van der Waals surface area contributed by atoms with E-state index < -0.39 is 11.4 Å². The van der Waals surface area contributed by atoms with Crippen LogP contribution in [0, 0.1) is 11.3 Å². The van der Waals surface area contributed by atoms with Crippen LogP contribution in [0.2, 0.25) is 0 Å². The van der Waals surface area contributed by atoms with Crippen LogP contribution in [0.5, 0.6) is 0 Å². The first-order chi connectivity index (χ1) is 9.07. The van der Waals surface area contributed by atoms with Gasteiger partial charge in [-0.1, -0.05) is 12.8 Å². The second kappa shape index (κ2) is 5.90. The fourth-order valence-corrected chi connectivity index (χ4v) is 3.31. The van der Waals surface area contributed by atoms with Gasteiger partial charge in [0.2, 0.25) is 5.91 Å². The van der Waals surface area contributed by atoms with Crippen molar-refractivity contribution in [1.29, 1.82) is 0 Å². The lowest BCUT2D eigenvalue weighted by atomic mass is 9.88. The molecule has 1 aliphatic heterocycles. The van der Waals surface area contributed by atoms with Gasteiger partial charge >= 0.3 is 5.97 Å². The number of aliphatic carboxylic acids is 1. The molecule has 1 aliphatic carbocycles. The minimum absolute atomic E-state index is 0.117. The molecule has 0 aromatic rings. The van der Waals surface area contributed by atoms with Crippen molar-refractivity contribution in [1.82, 2.24) is 4.90 Å². The van der Waals surface area contributed by atoms with Crippen molar-refractivity contribution in [2.24, 2.45) is 11.3 Å². The van der Waals surface area contributed by atoms with Gasteiger partial charge in [-0.3, -0.25) is 9.59 Å². The molecule has 19 heavy (non-hydrogen) atoms. The van der Waals surface area contributed by atoms with Crippen molar-refractivity contribution in [2.45, 2.75) is 38.5 Å². The molecule has 1 N–H and O–H groups in total. The van der Waals surface area contributed by atoms with Gasteiger partial charge in [0.05, 0.1) is 6.61 Å². The first kappa shape index (κ1) is 14.3. The topological polar surface area (TPSA) is 66.8 Å². The van der Waals surface area contributed by atoms with Gasteiger partial charge in [-0.2, -0.15) is 0 Å². The Hall–Kier alpha value is -1.10. The maximum absolute atomic E-state index is 12.2. The highest BCUT2D eigenvalue weighted by Gasteiger charge is 2.46. The van der Waals surface area contributed by atoms with Crippen molar-refractivity contribution in [3.63, 3.8) is 0 Å². The van der Waals surface area contributed by atoms with E-state index in [0.717, 1.165) is 12.8 Å². The Morgan fingerprint density at radius 2 is 2.05 bits per heavy atom. The standard InChI is InChI=1S/C14H23NO4/c1-19-10-14(13(17)18)6-7-15(9-14)12(16)8-11-4-2-3-5-11/h11H,2-10H2,1H3,(H,17,18). The summed E-state index contributed by atoms with van der Waals surface area (Å²) in [7, 11) is 1.51. The van der Waals surface area contributed by atoms with Crippen molar-refractivity contribution in [3.8, 4) is 0 Å².